The van der Waals surface area contributed by atoms with Crippen molar-refractivity contribution >= 4 is 15.9 Å². The maximum Gasteiger partial charge on any atom is 0.251 e. The minimum Gasteiger partial charge on any atom is -0.351 e. The van der Waals surface area contributed by atoms with Crippen LogP contribution >= 0.6 is 0 Å². The van der Waals surface area contributed by atoms with Crippen molar-refractivity contribution in [2.24, 2.45) is 0 Å². The van der Waals surface area contributed by atoms with Crippen LogP contribution in [0.5, 0.6) is 0 Å². The maximum absolute atomic E-state index is 12.7. The van der Waals surface area contributed by atoms with Crippen LogP contribution in [-0.2, 0) is 15.4 Å². The Morgan fingerprint density at radius 1 is 1.07 bits per heavy atom. The van der Waals surface area contributed by atoms with Crippen molar-refractivity contribution < 1.29 is 13.2 Å². The Balaban J connectivity index is 1.75. The van der Waals surface area contributed by atoms with E-state index in [-0.39, 0.29) is 22.8 Å². The van der Waals surface area contributed by atoms with Crippen LogP contribution in [0.4, 0.5) is 0 Å². The first-order valence-electron chi connectivity index (χ1n) is 9.34. The fourth-order valence-electron chi connectivity index (χ4n) is 3.79. The zero-order chi connectivity index (χ0) is 20.0. The largest absolute Gasteiger partial charge is 0.351 e. The molecule has 1 amide bonds. The topological polar surface area (TPSA) is 75.3 Å². The molecular formula is C22H24N2O3S. The average molecular weight is 397 g/mol. The van der Waals surface area contributed by atoms with Gasteiger partial charge in [-0.15, -0.1) is 6.42 Å². The van der Waals surface area contributed by atoms with Gasteiger partial charge in [0, 0.05) is 17.5 Å². The SMILES string of the molecule is C#CCNS(=O)(=O)c1cccc(C(=O)NCC2(c3ccccc3)CCCC2)c1. The van der Waals surface area contributed by atoms with Gasteiger partial charge in [0.1, 0.15) is 0 Å². The highest BCUT2D eigenvalue weighted by Crippen LogP contribution is 2.40. The Labute approximate surface area is 166 Å². The third-order valence-corrected chi connectivity index (χ3v) is 6.70. The molecule has 2 aromatic carbocycles. The van der Waals surface area contributed by atoms with Gasteiger partial charge in [-0.1, -0.05) is 55.2 Å². The van der Waals surface area contributed by atoms with Gasteiger partial charge in [0.15, 0.2) is 0 Å². The molecule has 3 rings (SSSR count). The van der Waals surface area contributed by atoms with Crippen LogP contribution in [0.2, 0.25) is 0 Å². The Hall–Kier alpha value is -2.62. The van der Waals surface area contributed by atoms with Gasteiger partial charge >= 0.3 is 0 Å². The highest BCUT2D eigenvalue weighted by molar-refractivity contribution is 7.89. The number of hydrogen-bond donors (Lipinski definition) is 2. The van der Waals surface area contributed by atoms with E-state index in [1.54, 1.807) is 12.1 Å². The number of terminal acetylenes is 1. The molecule has 0 saturated heterocycles. The molecule has 0 radical (unpaired) electrons. The molecule has 0 spiro atoms. The third-order valence-electron chi connectivity index (χ3n) is 5.30. The summed E-state index contributed by atoms with van der Waals surface area (Å²) in [6, 6.07) is 16.2. The van der Waals surface area contributed by atoms with Crippen molar-refractivity contribution in [3.8, 4) is 12.3 Å². The lowest BCUT2D eigenvalue weighted by Gasteiger charge is -2.30. The fraction of sp³-hybridized carbons (Fsp3) is 0.318. The maximum atomic E-state index is 12.7. The monoisotopic (exact) mass is 396 g/mol. The van der Waals surface area contributed by atoms with Gasteiger partial charge in [-0.3, -0.25) is 4.79 Å². The van der Waals surface area contributed by atoms with E-state index in [2.05, 4.69) is 28.1 Å². The molecule has 146 valence electrons. The standard InChI is InChI=1S/C22H24N2O3S/c1-2-15-24-28(26,27)20-12-8-9-18(16-20)21(25)23-17-22(13-6-7-14-22)19-10-4-3-5-11-19/h1,3-5,8-12,16,24H,6-7,13-15,17H2,(H,23,25). The van der Waals surface area contributed by atoms with Crippen molar-refractivity contribution in [1.82, 2.24) is 10.0 Å². The van der Waals surface area contributed by atoms with Crippen molar-refractivity contribution in [2.75, 3.05) is 13.1 Å². The van der Waals surface area contributed by atoms with E-state index in [4.69, 9.17) is 6.42 Å². The van der Waals surface area contributed by atoms with Crippen LogP contribution in [0.25, 0.3) is 0 Å². The first-order chi connectivity index (χ1) is 13.5. The number of benzene rings is 2. The molecule has 0 aliphatic heterocycles. The van der Waals surface area contributed by atoms with Crippen molar-refractivity contribution in [3.05, 3.63) is 65.7 Å². The molecule has 1 aliphatic rings. The van der Waals surface area contributed by atoms with Gasteiger partial charge in [-0.05, 0) is 36.6 Å². The highest BCUT2D eigenvalue weighted by atomic mass is 32.2. The predicted octanol–water partition coefficient (Wildman–Crippen LogP) is 2.84. The normalized spacial score (nSPS) is 15.7. The fourth-order valence-corrected chi connectivity index (χ4v) is 4.77. The average Bonchev–Trinajstić information content (AvgIpc) is 3.21. The van der Waals surface area contributed by atoms with Crippen molar-refractivity contribution in [2.45, 2.75) is 36.0 Å². The zero-order valence-electron chi connectivity index (χ0n) is 15.6. The number of nitrogens with one attached hydrogen (secondary N) is 2. The van der Waals surface area contributed by atoms with Gasteiger partial charge in [0.25, 0.3) is 5.91 Å². The van der Waals surface area contributed by atoms with E-state index in [0.29, 0.717) is 12.1 Å². The summed E-state index contributed by atoms with van der Waals surface area (Å²) in [6.07, 6.45) is 9.45. The number of rotatable bonds is 7. The van der Waals surface area contributed by atoms with E-state index in [9.17, 15) is 13.2 Å². The summed E-state index contributed by atoms with van der Waals surface area (Å²) in [5.74, 6) is 1.95. The Morgan fingerprint density at radius 3 is 2.46 bits per heavy atom. The second kappa shape index (κ2) is 8.59. The molecule has 0 unspecified atom stereocenters. The van der Waals surface area contributed by atoms with E-state index >= 15 is 0 Å². The van der Waals surface area contributed by atoms with Crippen LogP contribution in [0.1, 0.15) is 41.6 Å². The molecule has 28 heavy (non-hydrogen) atoms. The zero-order valence-corrected chi connectivity index (χ0v) is 16.5. The van der Waals surface area contributed by atoms with E-state index in [1.807, 2.05) is 18.2 Å². The Morgan fingerprint density at radius 2 is 1.79 bits per heavy atom. The van der Waals surface area contributed by atoms with Gasteiger partial charge < -0.3 is 5.32 Å². The quantitative estimate of drug-likeness (QED) is 0.707. The summed E-state index contributed by atoms with van der Waals surface area (Å²) in [6.45, 7) is 0.431. The third kappa shape index (κ3) is 4.44. The molecule has 1 fully saturated rings. The molecule has 6 heteroatoms. The lowest BCUT2D eigenvalue weighted by molar-refractivity contribution is 0.0943. The summed E-state index contributed by atoms with van der Waals surface area (Å²) in [4.78, 5) is 12.7. The van der Waals surface area contributed by atoms with E-state index in [1.165, 1.54) is 17.7 Å². The van der Waals surface area contributed by atoms with Gasteiger partial charge in [-0.25, -0.2) is 8.42 Å². The minimum atomic E-state index is -3.74. The number of hydrogen-bond acceptors (Lipinski definition) is 3. The Bertz CT molecular complexity index is 972. The lowest BCUT2D eigenvalue weighted by Crippen LogP contribution is -2.39. The summed E-state index contributed by atoms with van der Waals surface area (Å²) in [5, 5.41) is 3.02. The number of sulfonamides is 1. The predicted molar refractivity (Wildman–Crippen MR) is 109 cm³/mol. The number of amides is 1. The highest BCUT2D eigenvalue weighted by Gasteiger charge is 2.35. The molecule has 1 aliphatic carbocycles. The first kappa shape index (κ1) is 20.1. The molecule has 0 heterocycles. The second-order valence-electron chi connectivity index (χ2n) is 7.09. The molecule has 0 atom stereocenters. The van der Waals surface area contributed by atoms with Gasteiger partial charge in [0.05, 0.1) is 11.4 Å². The van der Waals surface area contributed by atoms with Crippen LogP contribution < -0.4 is 10.0 Å². The van der Waals surface area contributed by atoms with Crippen LogP contribution in [0, 0.1) is 12.3 Å². The lowest BCUT2D eigenvalue weighted by atomic mass is 9.79. The van der Waals surface area contributed by atoms with Gasteiger partial charge in [0.2, 0.25) is 10.0 Å². The van der Waals surface area contributed by atoms with Crippen LogP contribution in [0.3, 0.4) is 0 Å². The summed E-state index contributed by atoms with van der Waals surface area (Å²) >= 11 is 0. The number of carbonyl (C=O) groups is 1. The smallest absolute Gasteiger partial charge is 0.251 e. The Kier molecular flexibility index (Phi) is 6.18. The number of carbonyl (C=O) groups excluding carboxylic acids is 1. The van der Waals surface area contributed by atoms with Gasteiger partial charge in [-0.2, -0.15) is 4.72 Å². The first-order valence-corrected chi connectivity index (χ1v) is 10.8. The minimum absolute atomic E-state index is 0.0223. The van der Waals surface area contributed by atoms with Crippen LogP contribution in [0.15, 0.2) is 59.5 Å². The summed E-state index contributed by atoms with van der Waals surface area (Å²) in [7, 11) is -3.74. The van der Waals surface area contributed by atoms with E-state index in [0.717, 1.165) is 25.7 Å². The second-order valence-corrected chi connectivity index (χ2v) is 8.86. The summed E-state index contributed by atoms with van der Waals surface area (Å²) < 4.78 is 26.8. The molecule has 0 bridgehead atoms. The van der Waals surface area contributed by atoms with Crippen molar-refractivity contribution in [3.63, 3.8) is 0 Å². The molecule has 1 saturated carbocycles. The molecule has 2 aromatic rings. The van der Waals surface area contributed by atoms with E-state index < -0.39 is 10.0 Å². The van der Waals surface area contributed by atoms with Crippen molar-refractivity contribution in [1.29, 1.82) is 0 Å². The molecular weight excluding hydrogens is 372 g/mol. The van der Waals surface area contributed by atoms with Crippen LogP contribution in [-0.4, -0.2) is 27.4 Å². The molecule has 5 nitrogen and oxygen atoms in total. The molecule has 0 aromatic heterocycles. The molecule has 2 N–H and O–H groups in total. The summed E-state index contributed by atoms with van der Waals surface area (Å²) in [5.41, 5.74) is 1.49.